The Morgan fingerprint density at radius 2 is 1.73 bits per heavy atom. The molecule has 2 rings (SSSR count). The largest absolute Gasteiger partial charge is 0.465 e. The lowest BCUT2D eigenvalue weighted by molar-refractivity contribution is 0.0457. The van der Waals surface area contributed by atoms with Crippen molar-refractivity contribution in [2.45, 2.75) is 26.9 Å². The Morgan fingerprint density at radius 3 is 2.27 bits per heavy atom. The number of thiophene rings is 2. The average Bonchev–Trinajstić information content (AvgIpc) is 3.17. The third-order valence-corrected chi connectivity index (χ3v) is 6.09. The minimum Gasteiger partial charge on any atom is -0.465 e. The third kappa shape index (κ3) is 3.88. The average molecular weight is 397 g/mol. The van der Waals surface area contributed by atoms with Crippen molar-refractivity contribution in [2.75, 3.05) is 20.0 Å². The molecule has 140 valence electrons. The number of carbonyl (C=O) groups is 3. The van der Waals surface area contributed by atoms with E-state index in [4.69, 9.17) is 19.9 Å². The zero-order valence-corrected chi connectivity index (χ0v) is 16.5. The van der Waals surface area contributed by atoms with Crippen LogP contribution in [0.5, 0.6) is 0 Å². The van der Waals surface area contributed by atoms with Crippen molar-refractivity contribution < 1.29 is 28.6 Å². The molecule has 0 unspecified atom stereocenters. The van der Waals surface area contributed by atoms with Crippen LogP contribution in [0.1, 0.15) is 52.6 Å². The van der Waals surface area contributed by atoms with Gasteiger partial charge in [0.1, 0.15) is 26.9 Å². The van der Waals surface area contributed by atoms with Gasteiger partial charge in [-0.3, -0.25) is 0 Å². The SMILES string of the molecule is CCc1sc(C(=O)OCc2c(C(=O)OC)sc(N)c2C(=O)OC)cc1C. The van der Waals surface area contributed by atoms with E-state index in [1.54, 1.807) is 6.07 Å². The van der Waals surface area contributed by atoms with Gasteiger partial charge in [-0.25, -0.2) is 14.4 Å². The maximum atomic E-state index is 12.3. The first kappa shape index (κ1) is 19.9. The Balaban J connectivity index is 2.30. The minimum absolute atomic E-state index is 0.0160. The molecule has 7 nitrogen and oxygen atoms in total. The fraction of sp³-hybridized carbons (Fsp3) is 0.353. The topological polar surface area (TPSA) is 105 Å². The quantitative estimate of drug-likeness (QED) is 0.589. The highest BCUT2D eigenvalue weighted by molar-refractivity contribution is 7.18. The van der Waals surface area contributed by atoms with Gasteiger partial charge in [0.05, 0.1) is 14.2 Å². The maximum absolute atomic E-state index is 12.3. The van der Waals surface area contributed by atoms with E-state index in [0.29, 0.717) is 4.88 Å². The summed E-state index contributed by atoms with van der Waals surface area (Å²) in [7, 11) is 2.42. The second-order valence-electron chi connectivity index (χ2n) is 5.28. The van der Waals surface area contributed by atoms with Crippen LogP contribution in [-0.2, 0) is 27.2 Å². The van der Waals surface area contributed by atoms with Crippen molar-refractivity contribution in [1.29, 1.82) is 0 Å². The van der Waals surface area contributed by atoms with Gasteiger partial charge in [-0.05, 0) is 25.0 Å². The standard InChI is InChI=1S/C17H19NO6S2/c1-5-10-8(2)6-11(25-10)15(19)24-7-9-12(16(20)22-3)14(18)26-13(9)17(21)23-4/h6H,5,7,18H2,1-4H3. The molecule has 0 atom stereocenters. The molecule has 2 aromatic rings. The van der Waals surface area contributed by atoms with E-state index in [0.717, 1.165) is 28.2 Å². The summed E-state index contributed by atoms with van der Waals surface area (Å²) in [5.74, 6) is -1.91. The molecule has 26 heavy (non-hydrogen) atoms. The van der Waals surface area contributed by atoms with Gasteiger partial charge in [0, 0.05) is 10.4 Å². The van der Waals surface area contributed by atoms with Gasteiger partial charge in [0.2, 0.25) is 0 Å². The van der Waals surface area contributed by atoms with Crippen LogP contribution in [0, 0.1) is 6.92 Å². The fourth-order valence-electron chi connectivity index (χ4n) is 2.39. The Hall–Kier alpha value is -2.39. The molecule has 0 aliphatic carbocycles. The second kappa shape index (κ2) is 8.33. The summed E-state index contributed by atoms with van der Waals surface area (Å²) < 4.78 is 14.7. The molecule has 0 fully saturated rings. The number of rotatable bonds is 6. The van der Waals surface area contributed by atoms with Crippen LogP contribution in [0.3, 0.4) is 0 Å². The summed E-state index contributed by atoms with van der Waals surface area (Å²) in [6.07, 6.45) is 0.823. The van der Waals surface area contributed by atoms with Gasteiger partial charge in [0.25, 0.3) is 0 Å². The molecular formula is C17H19NO6S2. The number of ether oxygens (including phenoxy) is 3. The van der Waals surface area contributed by atoms with Gasteiger partial charge >= 0.3 is 17.9 Å². The first-order valence-corrected chi connectivity index (χ1v) is 9.31. The molecule has 0 saturated carbocycles. The summed E-state index contributed by atoms with van der Waals surface area (Å²) in [6.45, 7) is 3.64. The molecule has 9 heteroatoms. The van der Waals surface area contributed by atoms with Crippen LogP contribution in [0.2, 0.25) is 0 Å². The summed E-state index contributed by atoms with van der Waals surface area (Å²) in [5, 5.41) is 0.100. The van der Waals surface area contributed by atoms with Crippen LogP contribution < -0.4 is 5.73 Å². The number of esters is 3. The van der Waals surface area contributed by atoms with Gasteiger partial charge in [-0.15, -0.1) is 22.7 Å². The lowest BCUT2D eigenvalue weighted by atomic mass is 10.1. The predicted molar refractivity (Wildman–Crippen MR) is 99.0 cm³/mol. The lowest BCUT2D eigenvalue weighted by Crippen LogP contribution is -2.12. The zero-order chi connectivity index (χ0) is 19.4. The Labute approximate surface area is 158 Å². The van der Waals surface area contributed by atoms with Crippen LogP contribution in [-0.4, -0.2) is 32.1 Å². The lowest BCUT2D eigenvalue weighted by Gasteiger charge is -2.07. The normalized spacial score (nSPS) is 10.5. The number of aryl methyl sites for hydroxylation is 2. The van der Waals surface area contributed by atoms with Crippen LogP contribution in [0.15, 0.2) is 6.07 Å². The molecule has 0 bridgehead atoms. The van der Waals surface area contributed by atoms with Crippen molar-refractivity contribution in [3.63, 3.8) is 0 Å². The van der Waals surface area contributed by atoms with Crippen molar-refractivity contribution in [3.8, 4) is 0 Å². The third-order valence-electron chi connectivity index (χ3n) is 3.69. The first-order chi connectivity index (χ1) is 12.3. The van der Waals surface area contributed by atoms with E-state index in [9.17, 15) is 14.4 Å². The number of nitrogens with two attached hydrogens (primary N) is 1. The molecule has 0 spiro atoms. The van der Waals surface area contributed by atoms with E-state index < -0.39 is 17.9 Å². The van der Waals surface area contributed by atoms with Crippen LogP contribution >= 0.6 is 22.7 Å². The molecule has 0 aliphatic heterocycles. The van der Waals surface area contributed by atoms with Crippen molar-refractivity contribution in [2.24, 2.45) is 0 Å². The number of hydrogen-bond acceptors (Lipinski definition) is 9. The van der Waals surface area contributed by atoms with Gasteiger partial charge in [0.15, 0.2) is 0 Å². The Bertz CT molecular complexity index is 852. The fourth-order valence-corrected chi connectivity index (χ4v) is 4.37. The van der Waals surface area contributed by atoms with E-state index in [1.807, 2.05) is 13.8 Å². The highest BCUT2D eigenvalue weighted by Crippen LogP contribution is 2.33. The maximum Gasteiger partial charge on any atom is 0.348 e. The number of carbonyl (C=O) groups excluding carboxylic acids is 3. The summed E-state index contributed by atoms with van der Waals surface area (Å²) >= 11 is 2.25. The summed E-state index contributed by atoms with van der Waals surface area (Å²) in [4.78, 5) is 38.0. The molecule has 2 heterocycles. The molecule has 0 aromatic carbocycles. The number of hydrogen-bond donors (Lipinski definition) is 1. The Kier molecular flexibility index (Phi) is 6.38. The van der Waals surface area contributed by atoms with Gasteiger partial charge < -0.3 is 19.9 Å². The van der Waals surface area contributed by atoms with Crippen molar-refractivity contribution >= 4 is 45.6 Å². The molecule has 2 N–H and O–H groups in total. The highest BCUT2D eigenvalue weighted by Gasteiger charge is 2.28. The van der Waals surface area contributed by atoms with Crippen molar-refractivity contribution in [3.05, 3.63) is 37.4 Å². The molecular weight excluding hydrogens is 378 g/mol. The number of nitrogen functional groups attached to an aromatic ring is 1. The molecule has 0 radical (unpaired) electrons. The molecule has 0 saturated heterocycles. The second-order valence-corrected chi connectivity index (χ2v) is 7.47. The van der Waals surface area contributed by atoms with Gasteiger partial charge in [-0.1, -0.05) is 6.92 Å². The number of methoxy groups -OCH3 is 2. The van der Waals surface area contributed by atoms with E-state index >= 15 is 0 Å². The minimum atomic E-state index is -0.708. The number of anilines is 1. The van der Waals surface area contributed by atoms with Crippen LogP contribution in [0.4, 0.5) is 5.00 Å². The molecule has 2 aromatic heterocycles. The zero-order valence-electron chi connectivity index (χ0n) is 14.8. The monoisotopic (exact) mass is 397 g/mol. The molecule has 0 aliphatic rings. The van der Waals surface area contributed by atoms with E-state index in [2.05, 4.69) is 0 Å². The van der Waals surface area contributed by atoms with Crippen molar-refractivity contribution in [1.82, 2.24) is 0 Å². The van der Waals surface area contributed by atoms with Gasteiger partial charge in [-0.2, -0.15) is 0 Å². The smallest absolute Gasteiger partial charge is 0.348 e. The summed E-state index contributed by atoms with van der Waals surface area (Å²) in [6, 6.07) is 1.76. The summed E-state index contributed by atoms with van der Waals surface area (Å²) in [5.41, 5.74) is 7.06. The van der Waals surface area contributed by atoms with E-state index in [-0.39, 0.29) is 27.6 Å². The highest BCUT2D eigenvalue weighted by atomic mass is 32.1. The van der Waals surface area contributed by atoms with E-state index in [1.165, 1.54) is 25.6 Å². The Morgan fingerprint density at radius 1 is 1.08 bits per heavy atom. The first-order valence-electron chi connectivity index (χ1n) is 7.68. The molecule has 0 amide bonds. The predicted octanol–water partition coefficient (Wildman–Crippen LogP) is 3.19. The van der Waals surface area contributed by atoms with Crippen LogP contribution in [0.25, 0.3) is 0 Å².